The van der Waals surface area contributed by atoms with Crippen LogP contribution >= 0.6 is 0 Å². The van der Waals surface area contributed by atoms with Gasteiger partial charge >= 0.3 is 5.92 Å². The summed E-state index contributed by atoms with van der Waals surface area (Å²) in [7, 11) is 2.74. The van der Waals surface area contributed by atoms with Crippen molar-refractivity contribution in [2.24, 2.45) is 0 Å². The summed E-state index contributed by atoms with van der Waals surface area (Å²) in [5.74, 6) is -6.95. The van der Waals surface area contributed by atoms with Crippen LogP contribution in [0.3, 0.4) is 0 Å². The van der Waals surface area contributed by atoms with Gasteiger partial charge in [-0.25, -0.2) is 4.98 Å². The molecule has 19 nitrogen and oxygen atoms in total. The molecule has 348 valence electrons. The molecule has 0 bridgehead atoms. The Bertz CT molecular complexity index is 2490. The van der Waals surface area contributed by atoms with E-state index in [0.29, 0.717) is 87.6 Å². The van der Waals surface area contributed by atoms with Gasteiger partial charge in [0.1, 0.15) is 17.5 Å². The van der Waals surface area contributed by atoms with Crippen molar-refractivity contribution < 1.29 is 47.1 Å². The topological polar surface area (TPSA) is 210 Å². The van der Waals surface area contributed by atoms with E-state index in [1.807, 2.05) is 9.80 Å². The van der Waals surface area contributed by atoms with Gasteiger partial charge in [-0.1, -0.05) is 18.9 Å². The van der Waals surface area contributed by atoms with E-state index in [2.05, 4.69) is 25.9 Å². The van der Waals surface area contributed by atoms with E-state index in [-0.39, 0.29) is 71.9 Å². The lowest BCUT2D eigenvalue weighted by molar-refractivity contribution is -0.140. The molecule has 3 saturated heterocycles. The van der Waals surface area contributed by atoms with Crippen molar-refractivity contribution >= 4 is 70.2 Å². The molecule has 3 N–H and O–H groups in total. The van der Waals surface area contributed by atoms with Gasteiger partial charge in [0.2, 0.25) is 23.7 Å². The standard InChI is InChI=1S/C45H51F2N11O8/c1-53-33-22-48-44(52-38(33)57(28-8-3-4-9-28)25-45(46,47)43(53)65)50-30-13-12-26(21-34(30)66-2)39(61)49-27-7-6-16-56(23-27)36(60)24-54-17-19-55(20-18-54)31-11-5-10-29-37(31)42(64)58(41(29)63)32-14-15-35(59)51-40(32)62/h5,10-13,21-22,27-28,32H,3-4,6-9,14-20,23-25H2,1-2H3,(H,49,61)(H,48,50,52)(H,51,59,62)/t27-,32?/m1/s1. The number of methoxy groups -OCH3 is 1. The van der Waals surface area contributed by atoms with Gasteiger partial charge in [0, 0.05) is 70.4 Å². The quantitative estimate of drug-likeness (QED) is 0.250. The molecule has 1 saturated carbocycles. The first-order valence-electron chi connectivity index (χ1n) is 22.4. The van der Waals surface area contributed by atoms with Gasteiger partial charge in [-0.15, -0.1) is 0 Å². The number of carbonyl (C=O) groups excluding carboxylic acids is 7. The van der Waals surface area contributed by atoms with Gasteiger partial charge in [-0.05, 0) is 62.4 Å². The fourth-order valence-corrected chi connectivity index (χ4v) is 9.95. The van der Waals surface area contributed by atoms with Crippen LogP contribution in [-0.4, -0.2) is 157 Å². The van der Waals surface area contributed by atoms with Crippen molar-refractivity contribution in [3.05, 3.63) is 59.3 Å². The number of fused-ring (bicyclic) bond motifs is 2. The van der Waals surface area contributed by atoms with Crippen molar-refractivity contribution in [2.75, 3.05) is 86.5 Å². The molecule has 4 fully saturated rings. The van der Waals surface area contributed by atoms with Crippen molar-refractivity contribution in [2.45, 2.75) is 75.4 Å². The van der Waals surface area contributed by atoms with Gasteiger partial charge in [-0.3, -0.25) is 48.7 Å². The predicted molar refractivity (Wildman–Crippen MR) is 235 cm³/mol. The number of carbonyl (C=O) groups is 7. The summed E-state index contributed by atoms with van der Waals surface area (Å²) in [5.41, 5.74) is 1.95. The Morgan fingerprint density at radius 2 is 1.70 bits per heavy atom. The molecule has 6 heterocycles. The highest BCUT2D eigenvalue weighted by Crippen LogP contribution is 2.40. The first kappa shape index (κ1) is 44.4. The molecule has 6 aliphatic rings. The number of aromatic nitrogens is 2. The summed E-state index contributed by atoms with van der Waals surface area (Å²) in [6.45, 7) is 2.27. The number of halogens is 2. The molecular weight excluding hydrogens is 861 g/mol. The fraction of sp³-hybridized carbons (Fsp3) is 0.489. The summed E-state index contributed by atoms with van der Waals surface area (Å²) in [4.78, 5) is 109. The normalized spacial score (nSPS) is 22.5. The molecule has 3 aromatic rings. The van der Waals surface area contributed by atoms with Crippen LogP contribution in [0.4, 0.5) is 37.6 Å². The van der Waals surface area contributed by atoms with Gasteiger partial charge in [0.05, 0.1) is 48.9 Å². The van der Waals surface area contributed by atoms with Crippen LogP contribution in [0, 0.1) is 0 Å². The van der Waals surface area contributed by atoms with E-state index in [4.69, 9.17) is 4.74 Å². The Kier molecular flexibility index (Phi) is 12.0. The molecule has 66 heavy (non-hydrogen) atoms. The van der Waals surface area contributed by atoms with Crippen LogP contribution in [0.2, 0.25) is 0 Å². The largest absolute Gasteiger partial charge is 0.495 e. The monoisotopic (exact) mass is 911 g/mol. The Labute approximate surface area is 378 Å². The number of hydrogen-bond donors (Lipinski definition) is 3. The molecule has 7 amide bonds. The van der Waals surface area contributed by atoms with Crippen LogP contribution in [0.25, 0.3) is 0 Å². The maximum atomic E-state index is 15.1. The molecule has 9 rings (SSSR count). The van der Waals surface area contributed by atoms with Gasteiger partial charge in [0.15, 0.2) is 5.82 Å². The average molecular weight is 912 g/mol. The number of anilines is 5. The molecule has 0 radical (unpaired) electrons. The number of nitrogens with one attached hydrogen (secondary N) is 3. The number of rotatable bonds is 10. The lowest BCUT2D eigenvalue weighted by Gasteiger charge is -2.38. The Morgan fingerprint density at radius 3 is 2.44 bits per heavy atom. The highest BCUT2D eigenvalue weighted by molar-refractivity contribution is 6.25. The summed E-state index contributed by atoms with van der Waals surface area (Å²) >= 11 is 0. The van der Waals surface area contributed by atoms with E-state index in [0.717, 1.165) is 22.6 Å². The zero-order chi connectivity index (χ0) is 46.4. The van der Waals surface area contributed by atoms with E-state index in [9.17, 15) is 33.6 Å². The summed E-state index contributed by atoms with van der Waals surface area (Å²) in [6, 6.07) is 8.30. The minimum Gasteiger partial charge on any atom is -0.495 e. The Hall–Kier alpha value is -6.77. The zero-order valence-electron chi connectivity index (χ0n) is 36.7. The number of ether oxygens (including phenoxy) is 1. The van der Waals surface area contributed by atoms with Gasteiger partial charge < -0.3 is 35.0 Å². The van der Waals surface area contributed by atoms with Crippen molar-refractivity contribution in [1.82, 2.24) is 35.3 Å². The number of alkyl halides is 2. The second-order valence-corrected chi connectivity index (χ2v) is 17.6. The number of nitrogens with zero attached hydrogens (tertiary/aromatic N) is 8. The predicted octanol–water partition coefficient (Wildman–Crippen LogP) is 2.53. The minimum atomic E-state index is -3.61. The molecule has 2 aromatic carbocycles. The third-order valence-corrected chi connectivity index (χ3v) is 13.5. The average Bonchev–Trinajstić information content (AvgIpc) is 3.93. The highest BCUT2D eigenvalue weighted by atomic mass is 19.3. The van der Waals surface area contributed by atoms with Crippen molar-refractivity contribution in [3.63, 3.8) is 0 Å². The minimum absolute atomic E-state index is 0.0332. The third kappa shape index (κ3) is 8.46. The van der Waals surface area contributed by atoms with Gasteiger partial charge in [-0.2, -0.15) is 13.8 Å². The second kappa shape index (κ2) is 17.9. The first-order chi connectivity index (χ1) is 31.7. The lowest BCUT2D eigenvalue weighted by Crippen LogP contribution is -2.54. The van der Waals surface area contributed by atoms with E-state index < -0.39 is 48.0 Å². The Morgan fingerprint density at radius 1 is 0.924 bits per heavy atom. The molecule has 1 unspecified atom stereocenters. The second-order valence-electron chi connectivity index (χ2n) is 17.6. The van der Waals surface area contributed by atoms with Crippen LogP contribution in [-0.2, 0) is 19.2 Å². The molecular formula is C45H51F2N11O8. The number of amides is 7. The van der Waals surface area contributed by atoms with Crippen LogP contribution in [0.15, 0.2) is 42.6 Å². The maximum Gasteiger partial charge on any atom is 0.342 e. The first-order valence-corrected chi connectivity index (χ1v) is 22.4. The number of likely N-dealkylation sites (tertiary alicyclic amines) is 1. The number of hydrogen-bond acceptors (Lipinski definition) is 14. The van der Waals surface area contributed by atoms with E-state index >= 15 is 8.78 Å². The molecule has 0 spiro atoms. The van der Waals surface area contributed by atoms with Crippen LogP contribution in [0.1, 0.15) is 82.4 Å². The van der Waals surface area contributed by atoms with E-state index in [1.165, 1.54) is 25.3 Å². The fourth-order valence-electron chi connectivity index (χ4n) is 9.95. The van der Waals surface area contributed by atoms with Crippen molar-refractivity contribution in [1.29, 1.82) is 0 Å². The highest BCUT2D eigenvalue weighted by Gasteiger charge is 2.49. The van der Waals surface area contributed by atoms with Crippen LogP contribution in [0.5, 0.6) is 5.75 Å². The third-order valence-electron chi connectivity index (χ3n) is 13.5. The smallest absolute Gasteiger partial charge is 0.342 e. The van der Waals surface area contributed by atoms with Crippen LogP contribution < -0.4 is 35.4 Å². The SMILES string of the molecule is COc1cc(C(=O)N[C@@H]2CCCN(C(=O)CN3CCN(c4cccc5c4C(=O)N(C4CCC(=O)NC4=O)C5=O)CC3)C2)ccc1Nc1ncc2c(n1)N(C1CCCC1)CC(F)(F)C(=O)N2C. The lowest BCUT2D eigenvalue weighted by atomic mass is 10.0. The number of piperazine rings is 1. The zero-order valence-corrected chi connectivity index (χ0v) is 36.7. The Balaban J connectivity index is 0.794. The van der Waals surface area contributed by atoms with Crippen molar-refractivity contribution in [3.8, 4) is 5.75 Å². The molecule has 2 atom stereocenters. The summed E-state index contributed by atoms with van der Waals surface area (Å²) < 4.78 is 35.8. The molecule has 1 aliphatic carbocycles. The summed E-state index contributed by atoms with van der Waals surface area (Å²) in [6.07, 6.45) is 6.02. The summed E-state index contributed by atoms with van der Waals surface area (Å²) in [5, 5.41) is 8.38. The molecule has 1 aromatic heterocycles. The number of benzene rings is 2. The number of piperidine rings is 2. The maximum absolute atomic E-state index is 15.1. The number of imide groups is 2. The van der Waals surface area contributed by atoms with Gasteiger partial charge in [0.25, 0.3) is 23.6 Å². The molecule has 5 aliphatic heterocycles. The molecule has 21 heteroatoms. The van der Waals surface area contributed by atoms with E-state index in [1.54, 1.807) is 41.3 Å².